The molecular formula is C94H72N4. The van der Waals surface area contributed by atoms with E-state index in [1.807, 2.05) is 0 Å². The Labute approximate surface area is 575 Å². The van der Waals surface area contributed by atoms with Crippen molar-refractivity contribution in [2.75, 3.05) is 33.7 Å². The predicted molar refractivity (Wildman–Crippen MR) is 419 cm³/mol. The Morgan fingerprint density at radius 3 is 0.714 bits per heavy atom. The Morgan fingerprint density at radius 2 is 0.378 bits per heavy atom. The van der Waals surface area contributed by atoms with E-state index in [9.17, 15) is 0 Å². The summed E-state index contributed by atoms with van der Waals surface area (Å²) in [6.07, 6.45) is 0. The van der Waals surface area contributed by atoms with Crippen molar-refractivity contribution in [3.05, 3.63) is 400 Å². The van der Waals surface area contributed by atoms with Crippen LogP contribution in [0.3, 0.4) is 0 Å². The fourth-order valence-electron chi connectivity index (χ4n) is 13.3. The Bertz CT molecular complexity index is 5300. The van der Waals surface area contributed by atoms with Gasteiger partial charge in [-0.3, -0.25) is 0 Å². The van der Waals surface area contributed by atoms with Crippen molar-refractivity contribution in [2.24, 2.45) is 0 Å². The normalized spacial score (nSPS) is 11.0. The zero-order chi connectivity index (χ0) is 66.0. The summed E-state index contributed by atoms with van der Waals surface area (Å²) in [5, 5.41) is 4.87. The monoisotopic (exact) mass is 1260 g/mol. The molecule has 0 saturated heterocycles. The number of fused-ring (bicyclic) bond motifs is 2. The third kappa shape index (κ3) is 13.4. The molecule has 4 heteroatoms. The van der Waals surface area contributed by atoms with Crippen LogP contribution < -0.4 is 19.6 Å². The van der Waals surface area contributed by atoms with Gasteiger partial charge in [-0.25, -0.2) is 0 Å². The van der Waals surface area contributed by atoms with Crippen LogP contribution in [0.5, 0.6) is 0 Å². The molecule has 468 valence electrons. The molecule has 0 fully saturated rings. The number of hydrogen-bond donors (Lipinski definition) is 0. The van der Waals surface area contributed by atoms with E-state index in [0.717, 1.165) is 56.9 Å². The van der Waals surface area contributed by atoms with Crippen LogP contribution in [0.1, 0.15) is 0 Å². The van der Waals surface area contributed by atoms with Crippen LogP contribution >= 0.6 is 0 Å². The Hall–Kier alpha value is -12.8. The van der Waals surface area contributed by atoms with E-state index in [1.165, 1.54) is 88.3 Å². The Morgan fingerprint density at radius 1 is 0.153 bits per heavy atom. The van der Waals surface area contributed by atoms with Crippen LogP contribution in [0.15, 0.2) is 400 Å². The fourth-order valence-corrected chi connectivity index (χ4v) is 13.3. The summed E-state index contributed by atoms with van der Waals surface area (Å²) in [7, 11) is 4.25. The highest BCUT2D eigenvalue weighted by Crippen LogP contribution is 2.44. The minimum atomic E-state index is 1.11. The van der Waals surface area contributed by atoms with E-state index in [-0.39, 0.29) is 0 Å². The van der Waals surface area contributed by atoms with Gasteiger partial charge in [-0.05, 0) is 187 Å². The summed E-state index contributed by atoms with van der Waals surface area (Å²) in [6, 6.07) is 143. The van der Waals surface area contributed by atoms with Crippen LogP contribution in [-0.2, 0) is 0 Å². The van der Waals surface area contributed by atoms with Gasteiger partial charge in [0.25, 0.3) is 0 Å². The molecule has 16 rings (SSSR count). The quantitative estimate of drug-likeness (QED) is 0.0956. The number of rotatable bonds is 16. The van der Waals surface area contributed by atoms with Crippen LogP contribution in [0.2, 0.25) is 0 Å². The lowest BCUT2D eigenvalue weighted by molar-refractivity contribution is 1.21. The zero-order valence-corrected chi connectivity index (χ0v) is 54.9. The van der Waals surface area contributed by atoms with Crippen molar-refractivity contribution < 1.29 is 0 Å². The van der Waals surface area contributed by atoms with Crippen LogP contribution in [0.4, 0.5) is 56.9 Å². The van der Waals surface area contributed by atoms with Gasteiger partial charge < -0.3 is 19.6 Å². The maximum atomic E-state index is 2.38. The van der Waals surface area contributed by atoms with Crippen LogP contribution in [0.25, 0.3) is 88.3 Å². The Kier molecular flexibility index (Phi) is 17.8. The molecule has 0 amide bonds. The van der Waals surface area contributed by atoms with Gasteiger partial charge in [-0.1, -0.05) is 291 Å². The zero-order valence-electron chi connectivity index (χ0n) is 54.9. The lowest BCUT2D eigenvalue weighted by Gasteiger charge is -2.27. The molecule has 0 aliphatic rings. The number of anilines is 10. The summed E-state index contributed by atoms with van der Waals surface area (Å²) >= 11 is 0. The predicted octanol–water partition coefficient (Wildman–Crippen LogP) is 26.2. The third-order valence-electron chi connectivity index (χ3n) is 18.6. The molecular weight excluding hydrogens is 1190 g/mol. The first-order valence-electron chi connectivity index (χ1n) is 33.5. The van der Waals surface area contributed by atoms with E-state index in [1.54, 1.807) is 0 Å². The first-order chi connectivity index (χ1) is 48.4. The Balaban J connectivity index is 0.000000160. The van der Waals surface area contributed by atoms with Crippen LogP contribution in [0, 0.1) is 0 Å². The van der Waals surface area contributed by atoms with Crippen molar-refractivity contribution >= 4 is 78.4 Å². The van der Waals surface area contributed by atoms with Crippen molar-refractivity contribution in [1.82, 2.24) is 0 Å². The molecule has 0 saturated carbocycles. The topological polar surface area (TPSA) is 13.0 Å². The molecule has 0 bridgehead atoms. The maximum absolute atomic E-state index is 2.38. The molecule has 16 aromatic rings. The lowest BCUT2D eigenvalue weighted by Crippen LogP contribution is -2.10. The summed E-state index contributed by atoms with van der Waals surface area (Å²) in [4.78, 5) is 9.22. The van der Waals surface area contributed by atoms with Gasteiger partial charge in [-0.15, -0.1) is 0 Å². The van der Waals surface area contributed by atoms with E-state index in [0.29, 0.717) is 0 Å². The van der Waals surface area contributed by atoms with Gasteiger partial charge in [0.15, 0.2) is 0 Å². The second-order valence-electron chi connectivity index (χ2n) is 24.6. The maximum Gasteiger partial charge on any atom is 0.0540 e. The SMILES string of the molecule is CN(c1ccc(-c2ccc(N(c3cccc(-c4ccccc4)c3)c3cccc4ccccc34)cc2)cc1)c1cccc(-c2ccccc2)c1.CN(c1ccc(-c2ccccc2)cc1)c1ccc(-c2ccc(N(c3cccc(-c4ccccc4)c3)c3cccc4ccccc34)cc2)cc1. The second-order valence-corrected chi connectivity index (χ2v) is 24.6. The standard InChI is InChI=1S/2C47H36N2/c1-48(44-21-10-19-40(33-44)35-13-4-2-5-14-35)42-29-25-37(26-30-42)38-27-31-43(32-28-38)49(47-24-12-18-39-17-8-9-23-46(39)47)45-22-11-20-41(34-45)36-15-6-3-7-16-36;1-48(42-28-22-37(23-29-42)35-12-4-2-5-13-35)43-30-24-38(25-31-43)39-26-32-44(33-27-39)49(47-21-11-17-40-16-8-9-20-46(40)47)45-19-10-18-41(34-45)36-14-6-3-7-15-36/h2*2-34H,1H3. The second kappa shape index (κ2) is 28.4. The molecule has 0 atom stereocenters. The number of hydrogen-bond acceptors (Lipinski definition) is 4. The molecule has 0 radical (unpaired) electrons. The molecule has 0 aromatic heterocycles. The molecule has 98 heavy (non-hydrogen) atoms. The van der Waals surface area contributed by atoms with Crippen molar-refractivity contribution in [3.8, 4) is 66.8 Å². The summed E-state index contributed by atoms with van der Waals surface area (Å²) in [5.74, 6) is 0. The van der Waals surface area contributed by atoms with Gasteiger partial charge in [-0.2, -0.15) is 0 Å². The summed E-state index contributed by atoms with van der Waals surface area (Å²) in [5.41, 5.74) is 25.8. The molecule has 0 unspecified atom stereocenters. The van der Waals surface area contributed by atoms with Gasteiger partial charge in [0, 0.05) is 70.4 Å². The largest absolute Gasteiger partial charge is 0.345 e. The summed E-state index contributed by atoms with van der Waals surface area (Å²) in [6.45, 7) is 0. The molecule has 4 nitrogen and oxygen atoms in total. The molecule has 0 heterocycles. The minimum absolute atomic E-state index is 1.11. The van der Waals surface area contributed by atoms with Crippen molar-refractivity contribution in [3.63, 3.8) is 0 Å². The first-order valence-corrected chi connectivity index (χ1v) is 33.5. The molecule has 16 aromatic carbocycles. The number of benzene rings is 16. The van der Waals surface area contributed by atoms with E-state index in [4.69, 9.17) is 0 Å². The van der Waals surface area contributed by atoms with Gasteiger partial charge in [0.05, 0.1) is 11.4 Å². The number of nitrogens with zero attached hydrogens (tertiary/aromatic N) is 4. The average molecular weight is 1260 g/mol. The average Bonchev–Trinajstić information content (AvgIpc) is 0.780. The lowest BCUT2D eigenvalue weighted by atomic mass is 10.0. The summed E-state index contributed by atoms with van der Waals surface area (Å²) < 4.78 is 0. The minimum Gasteiger partial charge on any atom is -0.345 e. The van der Waals surface area contributed by atoms with Crippen LogP contribution in [-0.4, -0.2) is 14.1 Å². The van der Waals surface area contributed by atoms with E-state index in [2.05, 4.69) is 434 Å². The van der Waals surface area contributed by atoms with E-state index < -0.39 is 0 Å². The highest BCUT2D eigenvalue weighted by atomic mass is 15.2. The molecule has 0 aliphatic heterocycles. The van der Waals surface area contributed by atoms with E-state index >= 15 is 0 Å². The molecule has 0 N–H and O–H groups in total. The molecule has 0 aliphatic carbocycles. The molecule has 0 spiro atoms. The first kappa shape index (κ1) is 61.4. The smallest absolute Gasteiger partial charge is 0.0540 e. The third-order valence-corrected chi connectivity index (χ3v) is 18.6. The van der Waals surface area contributed by atoms with Gasteiger partial charge in [0.2, 0.25) is 0 Å². The van der Waals surface area contributed by atoms with Gasteiger partial charge in [0.1, 0.15) is 0 Å². The highest BCUT2D eigenvalue weighted by molar-refractivity contribution is 6.01. The van der Waals surface area contributed by atoms with Gasteiger partial charge >= 0.3 is 0 Å². The fraction of sp³-hybridized carbons (Fsp3) is 0.0213. The van der Waals surface area contributed by atoms with Crippen molar-refractivity contribution in [1.29, 1.82) is 0 Å². The highest BCUT2D eigenvalue weighted by Gasteiger charge is 2.19. The van der Waals surface area contributed by atoms with Crippen molar-refractivity contribution in [2.45, 2.75) is 0 Å².